The van der Waals surface area contributed by atoms with E-state index < -0.39 is 5.56 Å². The first-order valence-electron chi connectivity index (χ1n) is 5.39. The molecule has 3 aromatic rings. The van der Waals surface area contributed by atoms with Gasteiger partial charge in [-0.1, -0.05) is 29.8 Å². The quantitative estimate of drug-likeness (QED) is 0.669. The van der Waals surface area contributed by atoms with Crippen LogP contribution in [0.3, 0.4) is 0 Å². The molecule has 2 N–H and O–H groups in total. The highest BCUT2D eigenvalue weighted by molar-refractivity contribution is 5.68. The molecule has 0 spiro atoms. The van der Waals surface area contributed by atoms with Crippen molar-refractivity contribution in [3.05, 3.63) is 46.5 Å². The average molecular weight is 242 g/mol. The minimum absolute atomic E-state index is 0.188. The normalized spacial score (nSPS) is 10.9. The number of fused-ring (bicyclic) bond motifs is 1. The van der Waals surface area contributed by atoms with Gasteiger partial charge in [0, 0.05) is 0 Å². The fraction of sp³-hybridized carbons (Fsp3) is 0.0833. The zero-order valence-electron chi connectivity index (χ0n) is 9.58. The number of aryl methyl sites for hydroxylation is 1. The average Bonchev–Trinajstić information content (AvgIpc) is 2.80. The Bertz CT molecular complexity index is 771. The molecule has 0 fully saturated rings. The number of aromatic amines is 1. The van der Waals surface area contributed by atoms with Crippen molar-refractivity contribution in [1.82, 2.24) is 19.6 Å². The third-order valence-corrected chi connectivity index (χ3v) is 2.76. The van der Waals surface area contributed by atoms with Gasteiger partial charge < -0.3 is 5.11 Å². The van der Waals surface area contributed by atoms with Crippen LogP contribution in [-0.2, 0) is 0 Å². The van der Waals surface area contributed by atoms with Crippen molar-refractivity contribution in [1.29, 1.82) is 0 Å². The second-order valence-electron chi connectivity index (χ2n) is 4.01. The van der Waals surface area contributed by atoms with Crippen LogP contribution in [-0.4, -0.2) is 24.7 Å². The smallest absolute Gasteiger partial charge is 0.264 e. The van der Waals surface area contributed by atoms with Gasteiger partial charge in [-0.3, -0.25) is 9.78 Å². The van der Waals surface area contributed by atoms with Crippen LogP contribution in [0.5, 0.6) is 5.88 Å². The topological polar surface area (TPSA) is 83.3 Å². The van der Waals surface area contributed by atoms with E-state index >= 15 is 0 Å². The Morgan fingerprint density at radius 2 is 2.00 bits per heavy atom. The lowest BCUT2D eigenvalue weighted by Crippen LogP contribution is -2.12. The zero-order chi connectivity index (χ0) is 12.7. The molecule has 90 valence electrons. The van der Waals surface area contributed by atoms with Crippen LogP contribution in [0.2, 0.25) is 0 Å². The molecule has 0 bridgehead atoms. The number of nitrogens with zero attached hydrogens (tertiary/aromatic N) is 3. The van der Waals surface area contributed by atoms with Gasteiger partial charge in [0.15, 0.2) is 0 Å². The second-order valence-corrected chi connectivity index (χ2v) is 4.01. The van der Waals surface area contributed by atoms with Gasteiger partial charge in [-0.15, -0.1) is 0 Å². The Morgan fingerprint density at radius 1 is 1.28 bits per heavy atom. The SMILES string of the molecule is Cc1ccc(-c2c(O)n3ncnc3[nH]c2=O)cc1. The van der Waals surface area contributed by atoms with E-state index in [1.165, 1.54) is 10.8 Å². The molecule has 2 aromatic heterocycles. The summed E-state index contributed by atoms with van der Waals surface area (Å²) in [6.07, 6.45) is 1.27. The van der Waals surface area contributed by atoms with E-state index in [2.05, 4.69) is 15.1 Å². The lowest BCUT2D eigenvalue weighted by Gasteiger charge is -2.05. The van der Waals surface area contributed by atoms with Crippen molar-refractivity contribution in [2.75, 3.05) is 0 Å². The first kappa shape index (κ1) is 10.5. The Labute approximate surface area is 102 Å². The second kappa shape index (κ2) is 3.69. The molecule has 6 heteroatoms. The molecule has 0 atom stereocenters. The largest absolute Gasteiger partial charge is 0.493 e. The van der Waals surface area contributed by atoms with Crippen molar-refractivity contribution in [2.24, 2.45) is 0 Å². The van der Waals surface area contributed by atoms with Crippen LogP contribution in [0.25, 0.3) is 16.9 Å². The third-order valence-electron chi connectivity index (χ3n) is 2.76. The monoisotopic (exact) mass is 242 g/mol. The van der Waals surface area contributed by atoms with Gasteiger partial charge in [0.2, 0.25) is 11.7 Å². The first-order chi connectivity index (χ1) is 8.66. The molecule has 0 aliphatic carbocycles. The lowest BCUT2D eigenvalue weighted by molar-refractivity contribution is 0.436. The number of aromatic hydroxyl groups is 1. The molecule has 0 saturated carbocycles. The summed E-state index contributed by atoms with van der Waals surface area (Å²) < 4.78 is 1.19. The molecule has 0 amide bonds. The van der Waals surface area contributed by atoms with Crippen LogP contribution in [0.1, 0.15) is 5.56 Å². The van der Waals surface area contributed by atoms with Gasteiger partial charge in [0.1, 0.15) is 11.9 Å². The summed E-state index contributed by atoms with van der Waals surface area (Å²) >= 11 is 0. The molecule has 0 unspecified atom stereocenters. The van der Waals surface area contributed by atoms with E-state index in [0.717, 1.165) is 5.56 Å². The summed E-state index contributed by atoms with van der Waals surface area (Å²) in [5.74, 6) is 0.00321. The summed E-state index contributed by atoms with van der Waals surface area (Å²) in [5, 5.41) is 13.9. The van der Waals surface area contributed by atoms with E-state index in [9.17, 15) is 9.90 Å². The maximum Gasteiger partial charge on any atom is 0.264 e. The highest BCUT2D eigenvalue weighted by Crippen LogP contribution is 2.24. The van der Waals surface area contributed by atoms with E-state index in [0.29, 0.717) is 5.56 Å². The molecule has 3 rings (SSSR count). The number of hydrogen-bond acceptors (Lipinski definition) is 4. The number of nitrogens with one attached hydrogen (secondary N) is 1. The van der Waals surface area contributed by atoms with Crippen molar-refractivity contribution < 1.29 is 5.11 Å². The van der Waals surface area contributed by atoms with E-state index in [1.54, 1.807) is 12.1 Å². The molecule has 1 aromatic carbocycles. The molecule has 0 saturated heterocycles. The summed E-state index contributed by atoms with van der Waals surface area (Å²) in [5.41, 5.74) is 1.51. The molecular formula is C12H10N4O2. The van der Waals surface area contributed by atoms with Crippen molar-refractivity contribution in [2.45, 2.75) is 6.92 Å². The standard InChI is InChI=1S/C12H10N4O2/c1-7-2-4-8(5-3-7)9-10(17)15-12-13-6-14-16(12)11(9)18/h2-6,18H,1H3,(H,13,14,15,17). The Kier molecular flexibility index (Phi) is 2.16. The predicted octanol–water partition coefficient (Wildman–Crippen LogP) is 1.10. The van der Waals surface area contributed by atoms with Crippen LogP contribution in [0.15, 0.2) is 35.4 Å². The molecule has 2 heterocycles. The summed E-state index contributed by atoms with van der Waals surface area (Å²) in [4.78, 5) is 18.3. The highest BCUT2D eigenvalue weighted by Gasteiger charge is 2.14. The van der Waals surface area contributed by atoms with Gasteiger partial charge >= 0.3 is 0 Å². The predicted molar refractivity (Wildman–Crippen MR) is 65.4 cm³/mol. The molecule has 0 aliphatic rings. The summed E-state index contributed by atoms with van der Waals surface area (Å²) in [6, 6.07) is 7.31. The molecule has 0 aliphatic heterocycles. The molecule has 6 nitrogen and oxygen atoms in total. The highest BCUT2D eigenvalue weighted by atomic mass is 16.3. The fourth-order valence-corrected chi connectivity index (χ4v) is 1.83. The third kappa shape index (κ3) is 1.46. The van der Waals surface area contributed by atoms with Gasteiger partial charge in [0.05, 0.1) is 0 Å². The Morgan fingerprint density at radius 3 is 2.72 bits per heavy atom. The minimum atomic E-state index is -0.392. The number of H-pyrrole nitrogens is 1. The first-order valence-corrected chi connectivity index (χ1v) is 5.39. The molecule has 0 radical (unpaired) electrons. The molecule has 18 heavy (non-hydrogen) atoms. The van der Waals surface area contributed by atoms with E-state index in [1.807, 2.05) is 19.1 Å². The number of benzene rings is 1. The van der Waals surface area contributed by atoms with Gasteiger partial charge in [-0.2, -0.15) is 14.6 Å². The van der Waals surface area contributed by atoms with Crippen LogP contribution in [0, 0.1) is 6.92 Å². The number of hydrogen-bond donors (Lipinski definition) is 2. The number of rotatable bonds is 1. The minimum Gasteiger partial charge on any atom is -0.493 e. The summed E-state index contributed by atoms with van der Waals surface area (Å²) in [6.45, 7) is 1.95. The number of aromatic nitrogens is 4. The van der Waals surface area contributed by atoms with Crippen molar-refractivity contribution in [3.63, 3.8) is 0 Å². The van der Waals surface area contributed by atoms with Gasteiger partial charge in [-0.05, 0) is 12.5 Å². The zero-order valence-corrected chi connectivity index (χ0v) is 9.58. The Hall–Kier alpha value is -2.63. The van der Waals surface area contributed by atoms with Gasteiger partial charge in [-0.25, -0.2) is 0 Å². The van der Waals surface area contributed by atoms with Crippen LogP contribution < -0.4 is 5.56 Å². The van der Waals surface area contributed by atoms with Crippen molar-refractivity contribution in [3.8, 4) is 17.0 Å². The Balaban J connectivity index is 2.34. The van der Waals surface area contributed by atoms with E-state index in [-0.39, 0.29) is 17.2 Å². The van der Waals surface area contributed by atoms with E-state index in [4.69, 9.17) is 0 Å². The fourth-order valence-electron chi connectivity index (χ4n) is 1.83. The van der Waals surface area contributed by atoms with Crippen LogP contribution in [0.4, 0.5) is 0 Å². The van der Waals surface area contributed by atoms with Crippen molar-refractivity contribution >= 4 is 5.78 Å². The maximum absolute atomic E-state index is 11.9. The lowest BCUT2D eigenvalue weighted by atomic mass is 10.1. The summed E-state index contributed by atoms with van der Waals surface area (Å²) in [7, 11) is 0. The maximum atomic E-state index is 11.9. The van der Waals surface area contributed by atoms with Crippen LogP contribution >= 0.6 is 0 Å². The molecular weight excluding hydrogens is 232 g/mol. The van der Waals surface area contributed by atoms with Gasteiger partial charge in [0.25, 0.3) is 5.56 Å².